The molecular weight excluding hydrogens is 1190 g/mol. The van der Waals surface area contributed by atoms with Gasteiger partial charge < -0.3 is 14.0 Å². The third-order valence-corrected chi connectivity index (χ3v) is 23.6. The van der Waals surface area contributed by atoms with Crippen LogP contribution in [0.15, 0.2) is 297 Å². The van der Waals surface area contributed by atoms with Crippen molar-refractivity contribution in [3.05, 3.63) is 330 Å². The molecule has 16 aromatic rings. The van der Waals surface area contributed by atoms with Gasteiger partial charge in [-0.3, -0.25) is 0 Å². The molecule has 22 rings (SSSR count). The number of para-hydroxylation sites is 2. The molecule has 0 N–H and O–H groups in total. The van der Waals surface area contributed by atoms with E-state index in [1.54, 1.807) is 0 Å². The van der Waals surface area contributed by atoms with Crippen LogP contribution in [0.2, 0.25) is 0 Å². The van der Waals surface area contributed by atoms with E-state index in [4.69, 9.17) is 9.97 Å². The minimum atomic E-state index is -0.284. The maximum Gasteiger partial charge on any atom is 0.160 e. The fraction of sp³-hybridized carbons (Fsp3) is 0.0968. The highest BCUT2D eigenvalue weighted by molar-refractivity contribution is 6.21. The number of hydrogen-bond donors (Lipinski definition) is 0. The first-order chi connectivity index (χ1) is 48.1. The predicted molar refractivity (Wildman–Crippen MR) is 405 cm³/mol. The van der Waals surface area contributed by atoms with E-state index in [9.17, 15) is 0 Å². The third-order valence-electron chi connectivity index (χ3n) is 23.6. The number of allylic oxidation sites excluding steroid dienone is 4. The molecule has 0 radical (unpaired) electrons. The summed E-state index contributed by atoms with van der Waals surface area (Å²) in [5.41, 5.74) is 35.2. The molecule has 1 fully saturated rings. The second-order valence-electron chi connectivity index (χ2n) is 29.2. The zero-order chi connectivity index (χ0) is 64.7. The molecule has 0 saturated heterocycles. The number of aromatic nitrogens is 4. The quantitative estimate of drug-likeness (QED) is 0.160. The van der Waals surface area contributed by atoms with E-state index in [0.29, 0.717) is 0 Å². The molecule has 6 aliphatic rings. The van der Waals surface area contributed by atoms with Gasteiger partial charge in [0.05, 0.1) is 44.8 Å². The maximum atomic E-state index is 5.49. The van der Waals surface area contributed by atoms with Gasteiger partial charge in [-0.05, 0) is 157 Å². The van der Waals surface area contributed by atoms with Crippen LogP contribution in [-0.2, 0) is 16.2 Å². The second-order valence-corrected chi connectivity index (χ2v) is 29.2. The molecule has 1 aliphatic heterocycles. The number of anilines is 2. The molecular formula is C93H63N5. The van der Waals surface area contributed by atoms with E-state index in [1.165, 1.54) is 161 Å². The Kier molecular flexibility index (Phi) is 10.6. The molecule has 460 valence electrons. The molecule has 5 heteroatoms. The Hall–Kier alpha value is -11.9. The standard InChI is InChI=1S/C93H63N5/c1-91(2)73-30-15-11-24-62(73)64-41-37-59(51-75(64)91)96-79-32-17-13-26-66(79)68-39-34-57(49-83(68)96)56-36-45-82-77(48-56)93-53-78(93)61(58-35-40-69-67-27-14-18-33-80(67)97(84(69)50-58)60-38-42-65-63-25-12-16-31-74(63)92(3,4)76(65)52-60)44-47-85(93)98(82)81-46-43-71-86-70(81)28-19-29-72(86)89-87(71)88(54-20-7-5-8-21-54)94-90(95-89)55-22-9-6-10-23-55/h5-52,78H,53H2,1-4H3. The summed E-state index contributed by atoms with van der Waals surface area (Å²) in [5.74, 6) is 0.963. The first kappa shape index (κ1) is 54.3. The third kappa shape index (κ3) is 7.09. The van der Waals surface area contributed by atoms with E-state index in [2.05, 4.69) is 333 Å². The highest BCUT2D eigenvalue weighted by Gasteiger charge is 2.66. The van der Waals surface area contributed by atoms with E-state index < -0.39 is 0 Å². The normalized spacial score (nSPS) is 17.3. The summed E-state index contributed by atoms with van der Waals surface area (Å²) in [6.07, 6.45) is 5.96. The molecule has 2 unspecified atom stereocenters. The summed E-state index contributed by atoms with van der Waals surface area (Å²) < 4.78 is 5.05. The molecule has 0 amide bonds. The topological polar surface area (TPSA) is 38.9 Å². The lowest BCUT2D eigenvalue weighted by atomic mass is 9.82. The Balaban J connectivity index is 0.725. The van der Waals surface area contributed by atoms with Crippen LogP contribution in [0.25, 0.3) is 150 Å². The van der Waals surface area contributed by atoms with E-state index in [1.807, 2.05) is 0 Å². The molecule has 4 heterocycles. The molecule has 13 aromatic carbocycles. The van der Waals surface area contributed by atoms with Gasteiger partial charge in [0, 0.05) is 93.8 Å². The van der Waals surface area contributed by atoms with Crippen LogP contribution in [0.4, 0.5) is 11.4 Å². The molecule has 98 heavy (non-hydrogen) atoms. The summed E-state index contributed by atoms with van der Waals surface area (Å²) in [7, 11) is 0. The van der Waals surface area contributed by atoms with Crippen molar-refractivity contribution in [3.63, 3.8) is 0 Å². The first-order valence-electron chi connectivity index (χ1n) is 34.6. The van der Waals surface area contributed by atoms with Gasteiger partial charge in [-0.25, -0.2) is 9.97 Å². The zero-order valence-electron chi connectivity index (χ0n) is 54.7. The Morgan fingerprint density at radius 1 is 0.337 bits per heavy atom. The van der Waals surface area contributed by atoms with Crippen LogP contribution in [0.5, 0.6) is 0 Å². The van der Waals surface area contributed by atoms with Gasteiger partial charge in [0.15, 0.2) is 5.82 Å². The Labute approximate surface area is 568 Å². The van der Waals surface area contributed by atoms with Crippen molar-refractivity contribution in [2.45, 2.75) is 50.4 Å². The number of rotatable bonds is 7. The fourth-order valence-corrected chi connectivity index (χ4v) is 19.0. The summed E-state index contributed by atoms with van der Waals surface area (Å²) in [4.78, 5) is 13.5. The summed E-state index contributed by atoms with van der Waals surface area (Å²) in [6, 6.07) is 105. The highest BCUT2D eigenvalue weighted by atomic mass is 15.2. The summed E-state index contributed by atoms with van der Waals surface area (Å²) >= 11 is 0. The molecule has 0 bridgehead atoms. The average molecular weight is 1250 g/mol. The van der Waals surface area contributed by atoms with E-state index in [-0.39, 0.29) is 22.2 Å². The van der Waals surface area contributed by atoms with Gasteiger partial charge in [-0.2, -0.15) is 0 Å². The van der Waals surface area contributed by atoms with Crippen molar-refractivity contribution in [2.24, 2.45) is 5.92 Å². The van der Waals surface area contributed by atoms with Crippen molar-refractivity contribution in [2.75, 3.05) is 4.90 Å². The van der Waals surface area contributed by atoms with Crippen molar-refractivity contribution in [1.29, 1.82) is 0 Å². The molecule has 1 spiro atoms. The molecule has 3 aromatic heterocycles. The van der Waals surface area contributed by atoms with Crippen molar-refractivity contribution in [1.82, 2.24) is 19.1 Å². The minimum absolute atomic E-state index is 0.125. The van der Waals surface area contributed by atoms with Crippen LogP contribution in [0.1, 0.15) is 67.5 Å². The lowest BCUT2D eigenvalue weighted by molar-refractivity contribution is 0.660. The van der Waals surface area contributed by atoms with Crippen molar-refractivity contribution >= 4 is 71.3 Å². The van der Waals surface area contributed by atoms with Gasteiger partial charge in [-0.15, -0.1) is 0 Å². The Morgan fingerprint density at radius 3 is 1.50 bits per heavy atom. The molecule has 1 saturated carbocycles. The van der Waals surface area contributed by atoms with E-state index >= 15 is 0 Å². The number of benzene rings is 13. The van der Waals surface area contributed by atoms with Crippen molar-refractivity contribution < 1.29 is 0 Å². The van der Waals surface area contributed by atoms with Crippen LogP contribution < -0.4 is 4.90 Å². The van der Waals surface area contributed by atoms with Crippen LogP contribution >= 0.6 is 0 Å². The van der Waals surface area contributed by atoms with Crippen LogP contribution in [0.3, 0.4) is 0 Å². The lowest BCUT2D eigenvalue weighted by Crippen LogP contribution is -2.21. The Morgan fingerprint density at radius 2 is 0.837 bits per heavy atom. The van der Waals surface area contributed by atoms with Gasteiger partial charge in [0.1, 0.15) is 0 Å². The first-order valence-corrected chi connectivity index (χ1v) is 34.6. The second kappa shape index (κ2) is 19.2. The van der Waals surface area contributed by atoms with E-state index in [0.717, 1.165) is 45.9 Å². The van der Waals surface area contributed by atoms with Gasteiger partial charge in [-0.1, -0.05) is 246 Å². The predicted octanol–water partition coefficient (Wildman–Crippen LogP) is 23.5. The SMILES string of the molecule is CC1(C)c2ccccc2-c2ccc(-n3c4ccccc4c4ccc(C5=CC=C6N(c7ccc8c9c(cccc79)-c7nc(-c9ccccc9)nc(-c9ccccc9)c7-8)c7ccc(-c8ccc9c%10ccccc%10n(-c%10ccc%11c(c%10)C(C)(C)c%10ccccc%10-%11)c9c8)cc7C67CC57)cc43)cc21. The fourth-order valence-electron chi connectivity index (χ4n) is 19.0. The summed E-state index contributed by atoms with van der Waals surface area (Å²) in [5, 5.41) is 7.46. The monoisotopic (exact) mass is 1250 g/mol. The smallest absolute Gasteiger partial charge is 0.160 e. The molecule has 2 atom stereocenters. The van der Waals surface area contributed by atoms with Crippen molar-refractivity contribution in [3.8, 4) is 89.8 Å². The average Bonchev–Trinajstić information content (AvgIpc) is 1.49. The number of nitrogens with zero attached hydrogens (tertiary/aromatic N) is 5. The highest BCUT2D eigenvalue weighted by Crippen LogP contribution is 2.73. The summed E-state index contributed by atoms with van der Waals surface area (Å²) in [6.45, 7) is 9.53. The minimum Gasteiger partial charge on any atom is -0.312 e. The molecule has 5 nitrogen and oxygen atoms in total. The lowest BCUT2D eigenvalue weighted by Gasteiger charge is -2.28. The largest absolute Gasteiger partial charge is 0.312 e. The number of fused-ring (bicyclic) bond motifs is 16. The van der Waals surface area contributed by atoms with Crippen LogP contribution in [0, 0.1) is 5.92 Å². The Bertz CT molecular complexity index is 6350. The van der Waals surface area contributed by atoms with Gasteiger partial charge in [0.25, 0.3) is 0 Å². The van der Waals surface area contributed by atoms with Gasteiger partial charge in [0.2, 0.25) is 0 Å². The van der Waals surface area contributed by atoms with Gasteiger partial charge >= 0.3 is 0 Å². The zero-order valence-corrected chi connectivity index (χ0v) is 54.7. The maximum absolute atomic E-state index is 5.49. The van der Waals surface area contributed by atoms with Crippen LogP contribution in [-0.4, -0.2) is 19.1 Å². The number of hydrogen-bond acceptors (Lipinski definition) is 3. The molecule has 5 aliphatic carbocycles.